The van der Waals surface area contributed by atoms with E-state index in [0.717, 1.165) is 23.8 Å². The van der Waals surface area contributed by atoms with Crippen molar-refractivity contribution in [3.8, 4) is 0 Å². The summed E-state index contributed by atoms with van der Waals surface area (Å²) in [6, 6.07) is 8.04. The van der Waals surface area contributed by atoms with E-state index in [1.165, 1.54) is 37.7 Å². The molecule has 0 amide bonds. The fourth-order valence-electron chi connectivity index (χ4n) is 2.74. The van der Waals surface area contributed by atoms with E-state index in [1.807, 2.05) is 18.2 Å². The summed E-state index contributed by atoms with van der Waals surface area (Å²) in [5, 5.41) is 1.07. The van der Waals surface area contributed by atoms with Gasteiger partial charge in [0.25, 0.3) is 0 Å². The van der Waals surface area contributed by atoms with Crippen LogP contribution in [0.1, 0.15) is 44.1 Å². The summed E-state index contributed by atoms with van der Waals surface area (Å²) in [5.41, 5.74) is 1.25. The molecule has 1 fully saturated rings. The number of halogens is 2. The minimum Gasteiger partial charge on any atom is -0.123 e. The highest BCUT2D eigenvalue weighted by molar-refractivity contribution is 6.30. The van der Waals surface area contributed by atoms with Gasteiger partial charge < -0.3 is 0 Å². The van der Waals surface area contributed by atoms with Crippen molar-refractivity contribution in [2.75, 3.05) is 0 Å². The standard InChI is InChI=1S/C15H20Cl2/c16-14-7-3-6-13(10-14)11-15(17)9-8-12-4-1-2-5-12/h3,6-7,10,12,15H,1-2,4-5,8-9,11H2. The van der Waals surface area contributed by atoms with E-state index in [0.29, 0.717) is 0 Å². The zero-order valence-corrected chi connectivity index (χ0v) is 11.7. The van der Waals surface area contributed by atoms with Gasteiger partial charge in [0.15, 0.2) is 0 Å². The van der Waals surface area contributed by atoms with Crippen LogP contribution in [0.2, 0.25) is 5.02 Å². The molecule has 0 aliphatic heterocycles. The van der Waals surface area contributed by atoms with Crippen molar-refractivity contribution < 1.29 is 0 Å². The van der Waals surface area contributed by atoms with E-state index >= 15 is 0 Å². The quantitative estimate of drug-likeness (QED) is 0.624. The number of hydrogen-bond donors (Lipinski definition) is 0. The SMILES string of the molecule is Clc1cccc(CC(Cl)CCC2CCCC2)c1. The molecule has 0 bridgehead atoms. The van der Waals surface area contributed by atoms with Crippen LogP contribution in [-0.4, -0.2) is 5.38 Å². The van der Waals surface area contributed by atoms with Gasteiger partial charge in [-0.25, -0.2) is 0 Å². The molecule has 1 atom stereocenters. The van der Waals surface area contributed by atoms with Crippen LogP contribution >= 0.6 is 23.2 Å². The van der Waals surface area contributed by atoms with Crippen molar-refractivity contribution in [3.63, 3.8) is 0 Å². The zero-order chi connectivity index (χ0) is 12.1. The maximum absolute atomic E-state index is 6.40. The van der Waals surface area contributed by atoms with Crippen LogP contribution in [0.25, 0.3) is 0 Å². The fraction of sp³-hybridized carbons (Fsp3) is 0.600. The normalized spacial score (nSPS) is 18.5. The molecule has 0 aromatic heterocycles. The first-order chi connectivity index (χ1) is 8.24. The second-order valence-corrected chi connectivity index (χ2v) is 6.21. The monoisotopic (exact) mass is 270 g/mol. The Morgan fingerprint density at radius 3 is 2.71 bits per heavy atom. The average Bonchev–Trinajstić information content (AvgIpc) is 2.79. The first-order valence-electron chi connectivity index (χ1n) is 6.62. The van der Waals surface area contributed by atoms with Gasteiger partial charge >= 0.3 is 0 Å². The van der Waals surface area contributed by atoms with Crippen LogP contribution in [0, 0.1) is 5.92 Å². The van der Waals surface area contributed by atoms with Gasteiger partial charge in [0, 0.05) is 10.4 Å². The van der Waals surface area contributed by atoms with Crippen LogP contribution in [0.5, 0.6) is 0 Å². The second-order valence-electron chi connectivity index (χ2n) is 5.16. The summed E-state index contributed by atoms with van der Waals surface area (Å²) in [7, 11) is 0. The smallest absolute Gasteiger partial charge is 0.0408 e. The molecule has 1 aliphatic rings. The average molecular weight is 271 g/mol. The Kier molecular flexibility index (Phi) is 5.18. The Bertz CT molecular complexity index is 343. The first-order valence-corrected chi connectivity index (χ1v) is 7.44. The molecular weight excluding hydrogens is 251 g/mol. The van der Waals surface area contributed by atoms with Crippen LogP contribution in [0.15, 0.2) is 24.3 Å². The third-order valence-corrected chi connectivity index (χ3v) is 4.32. The highest BCUT2D eigenvalue weighted by atomic mass is 35.5. The minimum atomic E-state index is 0.258. The Morgan fingerprint density at radius 1 is 1.24 bits per heavy atom. The van der Waals surface area contributed by atoms with Gasteiger partial charge in [0.1, 0.15) is 0 Å². The van der Waals surface area contributed by atoms with Gasteiger partial charge in [0.05, 0.1) is 0 Å². The van der Waals surface area contributed by atoms with E-state index in [9.17, 15) is 0 Å². The predicted molar refractivity (Wildman–Crippen MR) is 76.0 cm³/mol. The lowest BCUT2D eigenvalue weighted by atomic mass is 9.98. The van der Waals surface area contributed by atoms with Crippen LogP contribution < -0.4 is 0 Å². The van der Waals surface area contributed by atoms with Crippen molar-refractivity contribution in [1.82, 2.24) is 0 Å². The molecular formula is C15H20Cl2. The summed E-state index contributed by atoms with van der Waals surface area (Å²) >= 11 is 12.4. The van der Waals surface area contributed by atoms with E-state index in [-0.39, 0.29) is 5.38 Å². The third-order valence-electron chi connectivity index (χ3n) is 3.71. The molecule has 0 heterocycles. The Hall–Kier alpha value is -0.200. The van der Waals surface area contributed by atoms with Crippen molar-refractivity contribution in [3.05, 3.63) is 34.9 Å². The lowest BCUT2D eigenvalue weighted by Gasteiger charge is -2.13. The molecule has 1 aromatic rings. The highest BCUT2D eigenvalue weighted by Gasteiger charge is 2.16. The molecule has 0 nitrogen and oxygen atoms in total. The molecule has 0 spiro atoms. The molecule has 2 rings (SSSR count). The molecule has 1 aromatic carbocycles. The van der Waals surface area contributed by atoms with Crippen molar-refractivity contribution >= 4 is 23.2 Å². The fourth-order valence-corrected chi connectivity index (χ4v) is 3.25. The van der Waals surface area contributed by atoms with E-state index in [4.69, 9.17) is 23.2 Å². The van der Waals surface area contributed by atoms with Gasteiger partial charge in [-0.05, 0) is 42.9 Å². The molecule has 94 valence electrons. The van der Waals surface area contributed by atoms with Crippen molar-refractivity contribution in [2.45, 2.75) is 50.3 Å². The highest BCUT2D eigenvalue weighted by Crippen LogP contribution is 2.30. The first kappa shape index (κ1) is 13.2. The summed E-state index contributed by atoms with van der Waals surface area (Å²) in [5.74, 6) is 0.940. The minimum absolute atomic E-state index is 0.258. The van der Waals surface area contributed by atoms with Crippen LogP contribution in [-0.2, 0) is 6.42 Å². The number of alkyl halides is 1. The molecule has 17 heavy (non-hydrogen) atoms. The Labute approximate surface area is 114 Å². The molecule has 0 radical (unpaired) electrons. The topological polar surface area (TPSA) is 0 Å². The summed E-state index contributed by atoms with van der Waals surface area (Å²) in [4.78, 5) is 0. The van der Waals surface area contributed by atoms with Gasteiger partial charge in [-0.2, -0.15) is 0 Å². The van der Waals surface area contributed by atoms with Gasteiger partial charge in [-0.15, -0.1) is 11.6 Å². The summed E-state index contributed by atoms with van der Waals surface area (Å²) in [6.07, 6.45) is 9.06. The number of rotatable bonds is 5. The van der Waals surface area contributed by atoms with Gasteiger partial charge in [0.2, 0.25) is 0 Å². The lowest BCUT2D eigenvalue weighted by molar-refractivity contribution is 0.476. The molecule has 0 N–H and O–H groups in total. The van der Waals surface area contributed by atoms with E-state index in [2.05, 4.69) is 6.07 Å². The molecule has 0 saturated heterocycles. The Balaban J connectivity index is 1.74. The van der Waals surface area contributed by atoms with Crippen LogP contribution in [0.4, 0.5) is 0 Å². The molecule has 2 heteroatoms. The molecule has 1 aliphatic carbocycles. The van der Waals surface area contributed by atoms with Gasteiger partial charge in [-0.1, -0.05) is 49.4 Å². The third kappa shape index (κ3) is 4.52. The second kappa shape index (κ2) is 6.66. The lowest BCUT2D eigenvalue weighted by Crippen LogP contribution is -2.06. The van der Waals surface area contributed by atoms with Gasteiger partial charge in [-0.3, -0.25) is 0 Å². The van der Waals surface area contributed by atoms with Crippen molar-refractivity contribution in [1.29, 1.82) is 0 Å². The zero-order valence-electron chi connectivity index (χ0n) is 10.2. The van der Waals surface area contributed by atoms with Crippen molar-refractivity contribution in [2.24, 2.45) is 5.92 Å². The maximum Gasteiger partial charge on any atom is 0.0408 e. The largest absolute Gasteiger partial charge is 0.123 e. The summed E-state index contributed by atoms with van der Waals surface area (Å²) < 4.78 is 0. The number of benzene rings is 1. The molecule has 1 unspecified atom stereocenters. The number of hydrogen-bond acceptors (Lipinski definition) is 0. The predicted octanol–water partition coefficient (Wildman–Crippen LogP) is 5.46. The molecule has 1 saturated carbocycles. The van der Waals surface area contributed by atoms with E-state index in [1.54, 1.807) is 0 Å². The summed E-state index contributed by atoms with van der Waals surface area (Å²) in [6.45, 7) is 0. The Morgan fingerprint density at radius 2 is 2.00 bits per heavy atom. The van der Waals surface area contributed by atoms with E-state index < -0.39 is 0 Å². The van der Waals surface area contributed by atoms with Crippen LogP contribution in [0.3, 0.4) is 0 Å². The maximum atomic E-state index is 6.40.